The highest BCUT2D eigenvalue weighted by molar-refractivity contribution is 6.14. The van der Waals surface area contributed by atoms with Crippen LogP contribution >= 0.6 is 0 Å². The SMILES string of the molecule is CNC(=O)N/N=C(/c1ccc(N)cc1)c1cc2c(cc1CC(=O)OC)OCO2. The van der Waals surface area contributed by atoms with Crippen LogP contribution in [0.15, 0.2) is 41.5 Å². The van der Waals surface area contributed by atoms with E-state index in [0.29, 0.717) is 39.6 Å². The van der Waals surface area contributed by atoms with Crippen LogP contribution in [0, 0.1) is 0 Å². The molecule has 0 saturated heterocycles. The lowest BCUT2D eigenvalue weighted by Gasteiger charge is -2.14. The van der Waals surface area contributed by atoms with E-state index in [0.717, 1.165) is 0 Å². The summed E-state index contributed by atoms with van der Waals surface area (Å²) in [5, 5.41) is 6.68. The highest BCUT2D eigenvalue weighted by atomic mass is 16.7. The van der Waals surface area contributed by atoms with E-state index >= 15 is 0 Å². The van der Waals surface area contributed by atoms with Gasteiger partial charge in [-0.1, -0.05) is 12.1 Å². The van der Waals surface area contributed by atoms with Crippen molar-refractivity contribution in [3.8, 4) is 11.5 Å². The summed E-state index contributed by atoms with van der Waals surface area (Å²) in [4.78, 5) is 23.6. The van der Waals surface area contributed by atoms with Gasteiger partial charge in [0.2, 0.25) is 6.79 Å². The Balaban J connectivity index is 2.13. The predicted molar refractivity (Wildman–Crippen MR) is 102 cm³/mol. The van der Waals surface area contributed by atoms with E-state index in [1.807, 2.05) is 0 Å². The number of amides is 2. The number of nitrogen functional groups attached to an aromatic ring is 1. The Morgan fingerprint density at radius 2 is 1.86 bits per heavy atom. The first-order valence-corrected chi connectivity index (χ1v) is 8.43. The van der Waals surface area contributed by atoms with Gasteiger partial charge in [0.1, 0.15) is 0 Å². The van der Waals surface area contributed by atoms with Gasteiger partial charge in [-0.3, -0.25) is 4.79 Å². The molecule has 0 atom stereocenters. The van der Waals surface area contributed by atoms with E-state index in [4.69, 9.17) is 19.9 Å². The molecule has 0 radical (unpaired) electrons. The van der Waals surface area contributed by atoms with E-state index in [1.165, 1.54) is 14.2 Å². The molecule has 0 aromatic heterocycles. The molecule has 2 aromatic rings. The number of nitrogens with one attached hydrogen (secondary N) is 2. The molecule has 0 spiro atoms. The van der Waals surface area contributed by atoms with Crippen LogP contribution in [-0.2, 0) is 16.0 Å². The summed E-state index contributed by atoms with van der Waals surface area (Å²) >= 11 is 0. The van der Waals surface area contributed by atoms with Gasteiger partial charge in [0, 0.05) is 23.9 Å². The summed E-state index contributed by atoms with van der Waals surface area (Å²) in [6.45, 7) is 0.0846. The fraction of sp³-hybridized carbons (Fsp3) is 0.211. The third kappa shape index (κ3) is 4.14. The lowest BCUT2D eigenvalue weighted by Crippen LogP contribution is -2.30. The first kappa shape index (κ1) is 19.0. The van der Waals surface area contributed by atoms with Crippen LogP contribution in [0.1, 0.15) is 16.7 Å². The number of esters is 1. The van der Waals surface area contributed by atoms with Crippen LogP contribution in [0.4, 0.5) is 10.5 Å². The maximum atomic E-state index is 11.9. The Morgan fingerprint density at radius 3 is 2.50 bits per heavy atom. The molecular weight excluding hydrogens is 364 g/mol. The minimum absolute atomic E-state index is 0.00353. The third-order valence-electron chi connectivity index (χ3n) is 4.10. The second kappa shape index (κ2) is 8.30. The van der Waals surface area contributed by atoms with Crippen molar-refractivity contribution in [2.24, 2.45) is 5.10 Å². The van der Waals surface area contributed by atoms with Gasteiger partial charge in [-0.25, -0.2) is 10.2 Å². The molecule has 9 heteroatoms. The molecule has 2 amide bonds. The minimum Gasteiger partial charge on any atom is -0.469 e. The van der Waals surface area contributed by atoms with E-state index in [1.54, 1.807) is 36.4 Å². The Hall–Kier alpha value is -3.75. The molecule has 146 valence electrons. The van der Waals surface area contributed by atoms with E-state index in [2.05, 4.69) is 15.8 Å². The van der Waals surface area contributed by atoms with E-state index in [-0.39, 0.29) is 13.2 Å². The fourth-order valence-electron chi connectivity index (χ4n) is 2.66. The number of hydrogen-bond donors (Lipinski definition) is 3. The van der Waals surface area contributed by atoms with Gasteiger partial charge in [0.05, 0.1) is 19.2 Å². The van der Waals surface area contributed by atoms with Gasteiger partial charge in [-0.2, -0.15) is 5.10 Å². The Kier molecular flexibility index (Phi) is 5.64. The average Bonchev–Trinajstić information content (AvgIpc) is 3.16. The zero-order valence-corrected chi connectivity index (χ0v) is 15.4. The lowest BCUT2D eigenvalue weighted by molar-refractivity contribution is -0.139. The van der Waals surface area contributed by atoms with Gasteiger partial charge >= 0.3 is 12.0 Å². The Bertz CT molecular complexity index is 925. The number of hydrogen-bond acceptors (Lipinski definition) is 7. The monoisotopic (exact) mass is 384 g/mol. The lowest BCUT2D eigenvalue weighted by atomic mass is 9.95. The molecule has 28 heavy (non-hydrogen) atoms. The maximum absolute atomic E-state index is 11.9. The molecular formula is C19H20N4O5. The summed E-state index contributed by atoms with van der Waals surface area (Å²) in [5.74, 6) is 0.626. The average molecular weight is 384 g/mol. The number of fused-ring (bicyclic) bond motifs is 1. The quantitative estimate of drug-likeness (QED) is 0.310. The Labute approximate surface area is 161 Å². The summed E-state index contributed by atoms with van der Waals surface area (Å²) in [6.07, 6.45) is -0.00353. The number of nitrogens with zero attached hydrogens (tertiary/aromatic N) is 1. The van der Waals surface area contributed by atoms with Crippen molar-refractivity contribution in [2.45, 2.75) is 6.42 Å². The second-order valence-electron chi connectivity index (χ2n) is 5.89. The maximum Gasteiger partial charge on any atom is 0.334 e. The van der Waals surface area contributed by atoms with Crippen molar-refractivity contribution >= 4 is 23.4 Å². The van der Waals surface area contributed by atoms with Crippen LogP contribution in [-0.4, -0.2) is 38.7 Å². The second-order valence-corrected chi connectivity index (χ2v) is 5.89. The third-order valence-corrected chi connectivity index (χ3v) is 4.10. The van der Waals surface area contributed by atoms with Crippen LogP contribution in [0.5, 0.6) is 11.5 Å². The van der Waals surface area contributed by atoms with Crippen LogP contribution in [0.25, 0.3) is 0 Å². The normalized spacial score (nSPS) is 12.4. The van der Waals surface area contributed by atoms with Gasteiger partial charge in [-0.15, -0.1) is 0 Å². The van der Waals surface area contributed by atoms with Crippen molar-refractivity contribution in [2.75, 3.05) is 26.7 Å². The first-order valence-electron chi connectivity index (χ1n) is 8.43. The van der Waals surface area contributed by atoms with Gasteiger partial charge in [0.25, 0.3) is 0 Å². The molecule has 0 bridgehead atoms. The number of methoxy groups -OCH3 is 1. The number of benzene rings is 2. The molecule has 0 aliphatic carbocycles. The number of carbonyl (C=O) groups is 2. The molecule has 0 unspecified atom stereocenters. The Morgan fingerprint density at radius 1 is 1.18 bits per heavy atom. The van der Waals surface area contributed by atoms with Crippen LogP contribution in [0.3, 0.4) is 0 Å². The van der Waals surface area contributed by atoms with Gasteiger partial charge < -0.3 is 25.3 Å². The van der Waals surface area contributed by atoms with Crippen molar-refractivity contribution in [3.63, 3.8) is 0 Å². The molecule has 1 heterocycles. The van der Waals surface area contributed by atoms with Crippen LogP contribution in [0.2, 0.25) is 0 Å². The van der Waals surface area contributed by atoms with Crippen molar-refractivity contribution in [1.29, 1.82) is 0 Å². The molecule has 1 aliphatic rings. The van der Waals surface area contributed by atoms with Crippen molar-refractivity contribution < 1.29 is 23.8 Å². The standard InChI is InChI=1S/C19H20N4O5/c1-21-19(25)23-22-18(11-3-5-13(20)6-4-11)14-9-16-15(27-10-28-16)7-12(14)8-17(24)26-2/h3-7,9H,8,10,20H2,1-2H3,(H2,21,23,25)/b22-18-. The minimum atomic E-state index is -0.483. The largest absolute Gasteiger partial charge is 0.469 e. The highest BCUT2D eigenvalue weighted by Crippen LogP contribution is 2.36. The fourth-order valence-corrected chi connectivity index (χ4v) is 2.66. The summed E-state index contributed by atoms with van der Waals surface area (Å²) in [6, 6.07) is 9.93. The molecule has 9 nitrogen and oxygen atoms in total. The van der Waals surface area contributed by atoms with Crippen LogP contribution < -0.4 is 25.9 Å². The number of ether oxygens (including phenoxy) is 3. The summed E-state index contributed by atoms with van der Waals surface area (Å²) in [7, 11) is 2.80. The summed E-state index contributed by atoms with van der Waals surface area (Å²) < 4.78 is 15.7. The number of urea groups is 1. The first-order chi connectivity index (χ1) is 13.5. The number of hydrazone groups is 1. The molecule has 0 saturated carbocycles. The molecule has 1 aliphatic heterocycles. The zero-order valence-electron chi connectivity index (χ0n) is 15.4. The topological polar surface area (TPSA) is 124 Å². The molecule has 3 rings (SSSR count). The molecule has 4 N–H and O–H groups in total. The van der Waals surface area contributed by atoms with Crippen molar-refractivity contribution in [1.82, 2.24) is 10.7 Å². The van der Waals surface area contributed by atoms with Gasteiger partial charge in [-0.05, 0) is 29.8 Å². The highest BCUT2D eigenvalue weighted by Gasteiger charge is 2.22. The number of rotatable bonds is 5. The molecule has 0 fully saturated rings. The van der Waals surface area contributed by atoms with Crippen molar-refractivity contribution in [3.05, 3.63) is 53.1 Å². The zero-order chi connectivity index (χ0) is 20.1. The molecule has 2 aromatic carbocycles. The number of anilines is 1. The van der Waals surface area contributed by atoms with E-state index in [9.17, 15) is 9.59 Å². The summed E-state index contributed by atoms with van der Waals surface area (Å²) in [5.41, 5.74) is 11.1. The number of carbonyl (C=O) groups excluding carboxylic acids is 2. The predicted octanol–water partition coefficient (Wildman–Crippen LogP) is 1.39. The van der Waals surface area contributed by atoms with E-state index < -0.39 is 12.0 Å². The number of nitrogens with two attached hydrogens (primary N) is 1. The van der Waals surface area contributed by atoms with Gasteiger partial charge in [0.15, 0.2) is 11.5 Å². The smallest absolute Gasteiger partial charge is 0.334 e.